The Bertz CT molecular complexity index is 1180. The van der Waals surface area contributed by atoms with E-state index in [1.54, 1.807) is 6.92 Å². The second kappa shape index (κ2) is 9.67. The fourth-order valence-electron chi connectivity index (χ4n) is 3.39. The van der Waals surface area contributed by atoms with Gasteiger partial charge < -0.3 is 14.4 Å². The van der Waals surface area contributed by atoms with Gasteiger partial charge in [0.15, 0.2) is 23.1 Å². The SMILES string of the molecule is CCOc1cc(C(=O)N2CCN(S(=O)(=O)c3ccc(F)c(F)c3)CC2)c([N+](=O)[O-])cc1OC. The number of nitro groups is 1. The Hall–Kier alpha value is -3.32. The van der Waals surface area contributed by atoms with Gasteiger partial charge in [0.05, 0.1) is 29.6 Å². The van der Waals surface area contributed by atoms with E-state index in [1.807, 2.05) is 0 Å². The molecule has 10 nitrogen and oxygen atoms in total. The molecule has 0 saturated carbocycles. The average molecular weight is 485 g/mol. The summed E-state index contributed by atoms with van der Waals surface area (Å²) in [6, 6.07) is 4.61. The van der Waals surface area contributed by atoms with Crippen molar-refractivity contribution >= 4 is 21.6 Å². The van der Waals surface area contributed by atoms with E-state index in [0.29, 0.717) is 6.07 Å². The molecule has 0 radical (unpaired) electrons. The number of methoxy groups -OCH3 is 1. The minimum Gasteiger partial charge on any atom is -0.493 e. The molecular weight excluding hydrogens is 464 g/mol. The molecule has 1 fully saturated rings. The fourth-order valence-corrected chi connectivity index (χ4v) is 4.82. The van der Waals surface area contributed by atoms with Crippen LogP contribution in [0, 0.1) is 21.7 Å². The second-order valence-electron chi connectivity index (χ2n) is 6.98. The highest BCUT2D eigenvalue weighted by atomic mass is 32.2. The number of ether oxygens (including phenoxy) is 2. The normalized spacial score (nSPS) is 14.7. The molecule has 3 rings (SSSR count). The minimum absolute atomic E-state index is 0.0606. The lowest BCUT2D eigenvalue weighted by Gasteiger charge is -2.34. The van der Waals surface area contributed by atoms with Gasteiger partial charge in [0.1, 0.15) is 5.56 Å². The Kier molecular flexibility index (Phi) is 7.12. The molecule has 13 heteroatoms. The second-order valence-corrected chi connectivity index (χ2v) is 8.92. The van der Waals surface area contributed by atoms with E-state index >= 15 is 0 Å². The molecule has 1 aliphatic heterocycles. The molecule has 0 bridgehead atoms. The Morgan fingerprint density at radius 3 is 2.30 bits per heavy atom. The number of nitrogens with zero attached hydrogens (tertiary/aromatic N) is 3. The largest absolute Gasteiger partial charge is 0.493 e. The summed E-state index contributed by atoms with van der Waals surface area (Å²) in [6.45, 7) is 1.56. The van der Waals surface area contributed by atoms with Crippen molar-refractivity contribution in [1.82, 2.24) is 9.21 Å². The van der Waals surface area contributed by atoms with Crippen LogP contribution in [-0.2, 0) is 10.0 Å². The third-order valence-electron chi connectivity index (χ3n) is 5.06. The summed E-state index contributed by atoms with van der Waals surface area (Å²) >= 11 is 0. The summed E-state index contributed by atoms with van der Waals surface area (Å²) in [5.74, 6) is -2.87. The van der Waals surface area contributed by atoms with Crippen molar-refractivity contribution in [3.05, 3.63) is 57.6 Å². The van der Waals surface area contributed by atoms with E-state index in [9.17, 15) is 32.1 Å². The first-order valence-corrected chi connectivity index (χ1v) is 11.3. The van der Waals surface area contributed by atoms with Crippen LogP contribution < -0.4 is 9.47 Å². The molecule has 2 aromatic rings. The summed E-state index contributed by atoms with van der Waals surface area (Å²) in [5.41, 5.74) is -0.696. The van der Waals surface area contributed by atoms with Crippen LogP contribution in [-0.4, -0.2) is 68.3 Å². The van der Waals surface area contributed by atoms with Gasteiger partial charge in [-0.1, -0.05) is 0 Å². The zero-order valence-corrected chi connectivity index (χ0v) is 18.6. The summed E-state index contributed by atoms with van der Waals surface area (Å²) in [4.78, 5) is 24.7. The molecule has 0 spiro atoms. The monoisotopic (exact) mass is 485 g/mol. The number of sulfonamides is 1. The Morgan fingerprint density at radius 1 is 1.09 bits per heavy atom. The molecule has 1 amide bonds. The van der Waals surface area contributed by atoms with Gasteiger partial charge >= 0.3 is 0 Å². The van der Waals surface area contributed by atoms with E-state index < -0.39 is 43.1 Å². The van der Waals surface area contributed by atoms with E-state index in [0.717, 1.165) is 22.5 Å². The van der Waals surface area contributed by atoms with Crippen LogP contribution in [0.15, 0.2) is 35.2 Å². The highest BCUT2D eigenvalue weighted by molar-refractivity contribution is 7.89. The lowest BCUT2D eigenvalue weighted by atomic mass is 10.1. The lowest BCUT2D eigenvalue weighted by molar-refractivity contribution is -0.385. The number of halogens is 2. The van der Waals surface area contributed by atoms with Crippen LogP contribution in [0.2, 0.25) is 0 Å². The first kappa shape index (κ1) is 24.3. The van der Waals surface area contributed by atoms with Gasteiger partial charge in [-0.2, -0.15) is 4.31 Å². The zero-order valence-electron chi connectivity index (χ0n) is 17.8. The number of carbonyl (C=O) groups excluding carboxylic acids is 1. The van der Waals surface area contributed by atoms with Crippen LogP contribution in [0.1, 0.15) is 17.3 Å². The number of piperazine rings is 1. The number of hydrogen-bond acceptors (Lipinski definition) is 7. The fraction of sp³-hybridized carbons (Fsp3) is 0.350. The molecule has 0 aliphatic carbocycles. The van der Waals surface area contributed by atoms with Crippen LogP contribution in [0.3, 0.4) is 0 Å². The predicted molar refractivity (Wildman–Crippen MR) is 112 cm³/mol. The molecule has 1 aliphatic rings. The number of amides is 1. The summed E-state index contributed by atoms with van der Waals surface area (Å²) in [5, 5.41) is 11.5. The maximum atomic E-state index is 13.5. The van der Waals surface area contributed by atoms with E-state index in [1.165, 1.54) is 18.1 Å². The van der Waals surface area contributed by atoms with Gasteiger partial charge in [0.2, 0.25) is 10.0 Å². The van der Waals surface area contributed by atoms with Crippen LogP contribution in [0.4, 0.5) is 14.5 Å². The Balaban J connectivity index is 1.82. The molecule has 0 aromatic heterocycles. The smallest absolute Gasteiger partial charge is 0.286 e. The molecule has 1 heterocycles. The quantitative estimate of drug-likeness (QED) is 0.436. The van der Waals surface area contributed by atoms with Gasteiger partial charge in [0.25, 0.3) is 11.6 Å². The molecule has 0 unspecified atom stereocenters. The average Bonchev–Trinajstić information content (AvgIpc) is 2.80. The van der Waals surface area contributed by atoms with Crippen molar-refractivity contribution in [2.75, 3.05) is 39.9 Å². The number of hydrogen-bond donors (Lipinski definition) is 0. The van der Waals surface area contributed by atoms with E-state index in [-0.39, 0.29) is 49.8 Å². The molecule has 0 atom stereocenters. The molecule has 33 heavy (non-hydrogen) atoms. The highest BCUT2D eigenvalue weighted by Gasteiger charge is 2.34. The van der Waals surface area contributed by atoms with Crippen molar-refractivity contribution in [3.8, 4) is 11.5 Å². The van der Waals surface area contributed by atoms with Gasteiger partial charge in [-0.3, -0.25) is 14.9 Å². The van der Waals surface area contributed by atoms with Crippen molar-refractivity contribution in [2.24, 2.45) is 0 Å². The van der Waals surface area contributed by atoms with E-state index in [4.69, 9.17) is 9.47 Å². The Labute approximate surface area is 188 Å². The van der Waals surface area contributed by atoms with Crippen LogP contribution >= 0.6 is 0 Å². The first-order chi connectivity index (χ1) is 15.6. The van der Waals surface area contributed by atoms with Gasteiger partial charge in [-0.15, -0.1) is 0 Å². The lowest BCUT2D eigenvalue weighted by Crippen LogP contribution is -2.50. The minimum atomic E-state index is -4.12. The van der Waals surface area contributed by atoms with Gasteiger partial charge in [0, 0.05) is 32.2 Å². The number of nitro benzene ring substituents is 1. The topological polar surface area (TPSA) is 119 Å². The van der Waals surface area contributed by atoms with Crippen molar-refractivity contribution in [2.45, 2.75) is 11.8 Å². The third-order valence-corrected chi connectivity index (χ3v) is 6.96. The van der Waals surface area contributed by atoms with Crippen molar-refractivity contribution < 1.29 is 36.4 Å². The first-order valence-electron chi connectivity index (χ1n) is 9.83. The predicted octanol–water partition coefficient (Wildman–Crippen LogP) is 2.43. The van der Waals surface area contributed by atoms with Gasteiger partial charge in [-0.05, 0) is 25.1 Å². The summed E-state index contributed by atoms with van der Waals surface area (Å²) in [6.07, 6.45) is 0. The maximum Gasteiger partial charge on any atom is 0.286 e. The highest BCUT2D eigenvalue weighted by Crippen LogP contribution is 2.35. The zero-order chi connectivity index (χ0) is 24.3. The summed E-state index contributed by atoms with van der Waals surface area (Å²) < 4.78 is 63.7. The standard InChI is InChI=1S/C20H21F2N3O7S/c1-3-32-19-11-14(17(25(27)28)12-18(19)31-2)20(26)23-6-8-24(9-7-23)33(29,30)13-4-5-15(21)16(22)10-13/h4-5,10-12H,3,6-9H2,1-2H3. The summed E-state index contributed by atoms with van der Waals surface area (Å²) in [7, 11) is -2.80. The molecule has 178 valence electrons. The van der Waals surface area contributed by atoms with E-state index in [2.05, 4.69) is 0 Å². The Morgan fingerprint density at radius 2 is 1.76 bits per heavy atom. The van der Waals surface area contributed by atoms with Gasteiger partial charge in [-0.25, -0.2) is 17.2 Å². The molecule has 1 saturated heterocycles. The number of carbonyl (C=O) groups is 1. The van der Waals surface area contributed by atoms with Crippen molar-refractivity contribution in [1.29, 1.82) is 0 Å². The van der Waals surface area contributed by atoms with Crippen LogP contribution in [0.5, 0.6) is 11.5 Å². The molecular formula is C20H21F2N3O7S. The maximum absolute atomic E-state index is 13.5. The number of benzene rings is 2. The van der Waals surface area contributed by atoms with Crippen LogP contribution in [0.25, 0.3) is 0 Å². The van der Waals surface area contributed by atoms with Crippen molar-refractivity contribution in [3.63, 3.8) is 0 Å². The molecule has 0 N–H and O–H groups in total. The number of rotatable bonds is 7. The third kappa shape index (κ3) is 4.88. The molecule has 2 aromatic carbocycles.